The number of alkyl halides is 2. The largest absolute Gasteiger partial charge is 0.433 e. The summed E-state index contributed by atoms with van der Waals surface area (Å²) in [6, 6.07) is 17.3. The summed E-state index contributed by atoms with van der Waals surface area (Å²) >= 11 is 1.10. The smallest absolute Gasteiger partial charge is 0.387 e. The third kappa shape index (κ3) is 4.57. The first kappa shape index (κ1) is 21.8. The van der Waals surface area contributed by atoms with Gasteiger partial charge in [-0.3, -0.25) is 14.2 Å². The van der Waals surface area contributed by atoms with Crippen LogP contribution in [0.1, 0.15) is 6.92 Å². The number of carbonyl (C=O) groups is 1. The maximum absolute atomic E-state index is 13.0. The average molecular weight is 455 g/mol. The molecule has 0 spiro atoms. The fourth-order valence-corrected chi connectivity index (χ4v) is 4.22. The van der Waals surface area contributed by atoms with Gasteiger partial charge in [-0.1, -0.05) is 48.2 Å². The maximum Gasteiger partial charge on any atom is 0.387 e. The number of amides is 1. The first-order valence-corrected chi connectivity index (χ1v) is 10.8. The summed E-state index contributed by atoms with van der Waals surface area (Å²) in [6.45, 7) is -0.777. The fourth-order valence-electron chi connectivity index (χ4n) is 3.36. The van der Waals surface area contributed by atoms with Gasteiger partial charge in [0.25, 0.3) is 5.56 Å². The van der Waals surface area contributed by atoms with Gasteiger partial charge in [-0.2, -0.15) is 8.78 Å². The second-order valence-corrected chi connectivity index (χ2v) is 7.81. The minimum absolute atomic E-state index is 0.0610. The standard InChI is InChI=1S/C23H19F2N3O3S/c1-2-28-21(30)16-11-14-7-3-4-8-15(14)12-18(16)27-23(28)32-13-20(29)26-17-9-5-6-10-19(17)31-22(24)25/h3-12,22H,2,13H2,1H3,(H,26,29). The highest BCUT2D eigenvalue weighted by molar-refractivity contribution is 7.99. The first-order valence-electron chi connectivity index (χ1n) is 9.86. The van der Waals surface area contributed by atoms with Crippen molar-refractivity contribution in [1.82, 2.24) is 9.55 Å². The van der Waals surface area contributed by atoms with E-state index in [0.717, 1.165) is 22.5 Å². The number of nitrogens with zero attached hydrogens (tertiary/aromatic N) is 2. The van der Waals surface area contributed by atoms with Crippen LogP contribution >= 0.6 is 11.8 Å². The lowest BCUT2D eigenvalue weighted by Gasteiger charge is -2.13. The van der Waals surface area contributed by atoms with Crippen LogP contribution in [0.4, 0.5) is 14.5 Å². The number of carbonyl (C=O) groups excluding carboxylic acids is 1. The summed E-state index contributed by atoms with van der Waals surface area (Å²) in [5.74, 6) is -0.619. The van der Waals surface area contributed by atoms with Gasteiger partial charge in [-0.25, -0.2) is 4.98 Å². The molecule has 1 N–H and O–H groups in total. The Balaban J connectivity index is 1.58. The Morgan fingerprint density at radius 2 is 1.81 bits per heavy atom. The van der Waals surface area contributed by atoms with Crippen molar-refractivity contribution in [2.24, 2.45) is 0 Å². The second-order valence-electron chi connectivity index (χ2n) is 6.87. The highest BCUT2D eigenvalue weighted by Crippen LogP contribution is 2.27. The van der Waals surface area contributed by atoms with Crippen molar-refractivity contribution in [3.63, 3.8) is 0 Å². The molecule has 4 aromatic rings. The van der Waals surface area contributed by atoms with Crippen LogP contribution < -0.4 is 15.6 Å². The maximum atomic E-state index is 13.0. The molecular formula is C23H19F2N3O3S. The molecule has 0 radical (unpaired) electrons. The van der Waals surface area contributed by atoms with Crippen LogP contribution in [0.2, 0.25) is 0 Å². The fraction of sp³-hybridized carbons (Fsp3) is 0.174. The summed E-state index contributed by atoms with van der Waals surface area (Å²) in [4.78, 5) is 30.1. The molecule has 164 valence electrons. The highest BCUT2D eigenvalue weighted by atomic mass is 32.2. The van der Waals surface area contributed by atoms with Crippen LogP contribution in [0.15, 0.2) is 70.6 Å². The van der Waals surface area contributed by atoms with Gasteiger partial charge in [0.1, 0.15) is 5.75 Å². The van der Waals surface area contributed by atoms with E-state index in [0.29, 0.717) is 22.6 Å². The van der Waals surface area contributed by atoms with Gasteiger partial charge in [0, 0.05) is 6.54 Å². The van der Waals surface area contributed by atoms with Crippen LogP contribution in [0.3, 0.4) is 0 Å². The Kier molecular flexibility index (Phi) is 6.36. The first-order chi connectivity index (χ1) is 15.5. The van der Waals surface area contributed by atoms with Crippen molar-refractivity contribution < 1.29 is 18.3 Å². The van der Waals surface area contributed by atoms with Crippen molar-refractivity contribution in [3.8, 4) is 5.75 Å². The van der Waals surface area contributed by atoms with Gasteiger partial charge in [0.2, 0.25) is 5.91 Å². The number of anilines is 1. The number of hydrogen-bond donors (Lipinski definition) is 1. The summed E-state index contributed by atoms with van der Waals surface area (Å²) in [7, 11) is 0. The molecule has 1 amide bonds. The molecule has 0 unspecified atom stereocenters. The van der Waals surface area contributed by atoms with Gasteiger partial charge in [0.15, 0.2) is 5.16 Å². The molecule has 32 heavy (non-hydrogen) atoms. The second kappa shape index (κ2) is 9.35. The van der Waals surface area contributed by atoms with Gasteiger partial charge >= 0.3 is 6.61 Å². The van der Waals surface area contributed by atoms with Gasteiger partial charge in [-0.15, -0.1) is 0 Å². The number of rotatable bonds is 7. The third-order valence-electron chi connectivity index (χ3n) is 4.81. The minimum atomic E-state index is -3.00. The van der Waals surface area contributed by atoms with E-state index in [1.807, 2.05) is 43.3 Å². The lowest BCUT2D eigenvalue weighted by atomic mass is 10.1. The molecule has 1 heterocycles. The van der Waals surface area contributed by atoms with Gasteiger partial charge in [-0.05, 0) is 42.0 Å². The Labute approximate surface area is 186 Å². The molecule has 6 nitrogen and oxygen atoms in total. The van der Waals surface area contributed by atoms with E-state index in [-0.39, 0.29) is 22.7 Å². The molecule has 9 heteroatoms. The molecule has 0 fully saturated rings. The van der Waals surface area contributed by atoms with Crippen molar-refractivity contribution in [2.75, 3.05) is 11.1 Å². The molecule has 0 saturated heterocycles. The zero-order valence-corrected chi connectivity index (χ0v) is 17.9. The molecule has 4 rings (SSSR count). The summed E-state index contributed by atoms with van der Waals surface area (Å²) in [6.07, 6.45) is 0. The van der Waals surface area contributed by atoms with E-state index in [1.54, 1.807) is 6.07 Å². The predicted molar refractivity (Wildman–Crippen MR) is 122 cm³/mol. The van der Waals surface area contributed by atoms with Crippen molar-refractivity contribution in [2.45, 2.75) is 25.2 Å². The van der Waals surface area contributed by atoms with E-state index in [4.69, 9.17) is 0 Å². The van der Waals surface area contributed by atoms with E-state index >= 15 is 0 Å². The number of hydrogen-bond acceptors (Lipinski definition) is 5. The number of fused-ring (bicyclic) bond motifs is 2. The molecule has 0 aliphatic carbocycles. The van der Waals surface area contributed by atoms with Gasteiger partial charge in [0.05, 0.1) is 22.3 Å². The number of ether oxygens (including phenoxy) is 1. The molecule has 3 aromatic carbocycles. The van der Waals surface area contributed by atoms with Crippen LogP contribution in [-0.2, 0) is 11.3 Å². The number of para-hydroxylation sites is 2. The van der Waals surface area contributed by atoms with Crippen molar-refractivity contribution >= 4 is 45.0 Å². The lowest BCUT2D eigenvalue weighted by Crippen LogP contribution is -2.23. The SMILES string of the molecule is CCn1c(SCC(=O)Nc2ccccc2OC(F)F)nc2cc3ccccc3cc2c1=O. The van der Waals surface area contributed by atoms with Crippen molar-refractivity contribution in [1.29, 1.82) is 0 Å². The molecule has 0 atom stereocenters. The van der Waals surface area contributed by atoms with Crippen LogP contribution in [0, 0.1) is 0 Å². The summed E-state index contributed by atoms with van der Waals surface area (Å²) in [5, 5.41) is 5.40. The zero-order valence-electron chi connectivity index (χ0n) is 17.0. The number of aromatic nitrogens is 2. The third-order valence-corrected chi connectivity index (χ3v) is 5.79. The Morgan fingerprint density at radius 3 is 2.53 bits per heavy atom. The van der Waals surface area contributed by atoms with E-state index < -0.39 is 12.5 Å². The number of benzene rings is 3. The predicted octanol–water partition coefficient (Wildman–Crippen LogP) is 4.90. The topological polar surface area (TPSA) is 73.2 Å². The quantitative estimate of drug-likeness (QED) is 0.244. The van der Waals surface area contributed by atoms with Crippen LogP contribution in [0.5, 0.6) is 5.75 Å². The molecule has 0 aliphatic heterocycles. The normalized spacial score (nSPS) is 11.2. The Bertz CT molecular complexity index is 1360. The monoisotopic (exact) mass is 455 g/mol. The number of nitrogens with one attached hydrogen (secondary N) is 1. The van der Waals surface area contributed by atoms with Gasteiger partial charge < -0.3 is 10.1 Å². The number of thioether (sulfide) groups is 1. The van der Waals surface area contributed by atoms with Crippen LogP contribution in [-0.4, -0.2) is 27.8 Å². The Hall–Kier alpha value is -3.46. The lowest BCUT2D eigenvalue weighted by molar-refractivity contribution is -0.113. The van der Waals surface area contributed by atoms with E-state index in [1.165, 1.54) is 22.8 Å². The van der Waals surface area contributed by atoms with E-state index in [2.05, 4.69) is 15.0 Å². The molecular weight excluding hydrogens is 436 g/mol. The van der Waals surface area contributed by atoms with E-state index in [9.17, 15) is 18.4 Å². The van der Waals surface area contributed by atoms with Crippen LogP contribution in [0.25, 0.3) is 21.7 Å². The zero-order chi connectivity index (χ0) is 22.7. The summed E-state index contributed by atoms with van der Waals surface area (Å²) < 4.78 is 31.1. The molecule has 1 aromatic heterocycles. The Morgan fingerprint density at radius 1 is 1.12 bits per heavy atom. The highest BCUT2D eigenvalue weighted by Gasteiger charge is 2.15. The minimum Gasteiger partial charge on any atom is -0.433 e. The molecule has 0 saturated carbocycles. The molecule has 0 aliphatic rings. The summed E-state index contributed by atoms with van der Waals surface area (Å²) in [5.41, 5.74) is 0.517. The molecule has 0 bridgehead atoms. The van der Waals surface area contributed by atoms with Crippen molar-refractivity contribution in [3.05, 3.63) is 71.0 Å². The number of halogens is 2. The average Bonchev–Trinajstić information content (AvgIpc) is 2.78.